The van der Waals surface area contributed by atoms with Gasteiger partial charge in [-0.05, 0) is 42.5 Å². The first-order valence-corrected chi connectivity index (χ1v) is 10.7. The zero-order valence-electron chi connectivity index (χ0n) is 18.7. The van der Waals surface area contributed by atoms with Gasteiger partial charge in [0.05, 0.1) is 22.5 Å². The number of nitrogen functional groups attached to an aromatic ring is 2. The molecular formula is C25H16F4N6O2. The number of nitrogens with zero attached hydrogens (tertiary/aromatic N) is 3. The Morgan fingerprint density at radius 2 is 1.59 bits per heavy atom. The Hall–Kier alpha value is -5.00. The number of H-pyrrole nitrogens is 1. The maximum Gasteiger partial charge on any atom is 0.416 e. The number of rotatable bonds is 4. The number of alkyl halides is 3. The SMILES string of the molecule is Nc1ccc(-c2nc(Oc3cccc4[nH]c(=O)c(N)nc34)cc(-c3ccc(C(F)(F)F)cc3)n2)cc1F. The normalized spacial score (nSPS) is 11.6. The van der Waals surface area contributed by atoms with E-state index in [0.29, 0.717) is 11.1 Å². The van der Waals surface area contributed by atoms with Crippen molar-refractivity contribution in [3.63, 3.8) is 0 Å². The molecule has 8 nitrogen and oxygen atoms in total. The molecule has 2 heterocycles. The number of para-hydroxylation sites is 1. The van der Waals surface area contributed by atoms with Gasteiger partial charge >= 0.3 is 6.18 Å². The molecule has 0 atom stereocenters. The van der Waals surface area contributed by atoms with Gasteiger partial charge in [0.15, 0.2) is 17.4 Å². The number of aromatic amines is 1. The average molecular weight is 508 g/mol. The van der Waals surface area contributed by atoms with Gasteiger partial charge in [-0.15, -0.1) is 0 Å². The molecule has 12 heteroatoms. The van der Waals surface area contributed by atoms with Gasteiger partial charge in [-0.1, -0.05) is 18.2 Å². The van der Waals surface area contributed by atoms with Gasteiger partial charge < -0.3 is 21.2 Å². The van der Waals surface area contributed by atoms with Gasteiger partial charge in [0.2, 0.25) is 5.88 Å². The number of halogens is 4. The number of nitrogens with two attached hydrogens (primary N) is 2. The summed E-state index contributed by atoms with van der Waals surface area (Å²) < 4.78 is 59.2. The van der Waals surface area contributed by atoms with Crippen LogP contribution in [0, 0.1) is 5.82 Å². The Labute approximate surface area is 205 Å². The molecule has 0 bridgehead atoms. The van der Waals surface area contributed by atoms with Crippen molar-refractivity contribution in [3.05, 3.63) is 88.5 Å². The summed E-state index contributed by atoms with van der Waals surface area (Å²) in [5.41, 5.74) is 11.2. The molecule has 5 rings (SSSR count). The summed E-state index contributed by atoms with van der Waals surface area (Å²) in [6, 6.07) is 14.5. The number of anilines is 2. The number of ether oxygens (including phenoxy) is 1. The van der Waals surface area contributed by atoms with Crippen molar-refractivity contribution in [1.29, 1.82) is 0 Å². The molecule has 5 N–H and O–H groups in total. The molecule has 0 fully saturated rings. The molecule has 3 aromatic carbocycles. The summed E-state index contributed by atoms with van der Waals surface area (Å²) in [6.07, 6.45) is -4.50. The summed E-state index contributed by atoms with van der Waals surface area (Å²) in [7, 11) is 0. The largest absolute Gasteiger partial charge is 0.437 e. The number of aromatic nitrogens is 4. The van der Waals surface area contributed by atoms with E-state index in [1.54, 1.807) is 18.2 Å². The number of benzene rings is 3. The molecule has 0 saturated heterocycles. The Morgan fingerprint density at radius 1 is 0.865 bits per heavy atom. The van der Waals surface area contributed by atoms with Crippen LogP contribution in [0.5, 0.6) is 11.6 Å². The van der Waals surface area contributed by atoms with Crippen molar-refractivity contribution >= 4 is 22.5 Å². The predicted molar refractivity (Wildman–Crippen MR) is 129 cm³/mol. The lowest BCUT2D eigenvalue weighted by atomic mass is 10.1. The minimum Gasteiger partial charge on any atom is -0.437 e. The summed E-state index contributed by atoms with van der Waals surface area (Å²) in [5.74, 6) is -0.758. The molecule has 0 aliphatic heterocycles. The highest BCUT2D eigenvalue weighted by Crippen LogP contribution is 2.34. The van der Waals surface area contributed by atoms with Crippen molar-refractivity contribution in [1.82, 2.24) is 19.9 Å². The number of nitrogens with one attached hydrogen (secondary N) is 1. The second kappa shape index (κ2) is 8.90. The predicted octanol–water partition coefficient (Wildman–Crippen LogP) is 5.16. The fourth-order valence-corrected chi connectivity index (χ4v) is 3.54. The van der Waals surface area contributed by atoms with Crippen LogP contribution in [0.2, 0.25) is 0 Å². The van der Waals surface area contributed by atoms with Crippen molar-refractivity contribution < 1.29 is 22.3 Å². The number of hydrogen-bond donors (Lipinski definition) is 3. The van der Waals surface area contributed by atoms with Gasteiger partial charge in [0.25, 0.3) is 5.56 Å². The van der Waals surface area contributed by atoms with E-state index in [1.807, 2.05) is 0 Å². The van der Waals surface area contributed by atoms with E-state index in [9.17, 15) is 22.4 Å². The van der Waals surface area contributed by atoms with Crippen LogP contribution in [0.15, 0.2) is 71.5 Å². The van der Waals surface area contributed by atoms with E-state index in [-0.39, 0.29) is 45.7 Å². The highest BCUT2D eigenvalue weighted by atomic mass is 19.4. The first kappa shape index (κ1) is 23.7. The fraction of sp³-hybridized carbons (Fsp3) is 0.0400. The fourth-order valence-electron chi connectivity index (χ4n) is 3.54. The van der Waals surface area contributed by atoms with Gasteiger partial charge in [-0.25, -0.2) is 14.4 Å². The van der Waals surface area contributed by atoms with Crippen LogP contribution >= 0.6 is 0 Å². The summed E-state index contributed by atoms with van der Waals surface area (Å²) in [6.45, 7) is 0. The second-order valence-electron chi connectivity index (χ2n) is 7.93. The van der Waals surface area contributed by atoms with Crippen LogP contribution in [0.4, 0.5) is 29.1 Å². The van der Waals surface area contributed by atoms with Gasteiger partial charge in [0.1, 0.15) is 11.3 Å². The second-order valence-corrected chi connectivity index (χ2v) is 7.93. The highest BCUT2D eigenvalue weighted by Gasteiger charge is 2.30. The highest BCUT2D eigenvalue weighted by molar-refractivity contribution is 5.82. The van der Waals surface area contributed by atoms with Gasteiger partial charge in [0, 0.05) is 17.2 Å². The van der Waals surface area contributed by atoms with Crippen LogP contribution < -0.4 is 21.8 Å². The molecule has 0 aliphatic rings. The monoisotopic (exact) mass is 508 g/mol. The van der Waals surface area contributed by atoms with E-state index in [2.05, 4.69) is 19.9 Å². The third kappa shape index (κ3) is 4.76. The zero-order valence-corrected chi connectivity index (χ0v) is 18.7. The third-order valence-corrected chi connectivity index (χ3v) is 5.40. The van der Waals surface area contributed by atoms with Crippen LogP contribution in [0.25, 0.3) is 33.7 Å². The van der Waals surface area contributed by atoms with Gasteiger partial charge in [-0.3, -0.25) is 4.79 Å². The van der Waals surface area contributed by atoms with Crippen molar-refractivity contribution in [2.75, 3.05) is 11.5 Å². The van der Waals surface area contributed by atoms with E-state index in [0.717, 1.165) is 18.2 Å². The molecule has 2 aromatic heterocycles. The van der Waals surface area contributed by atoms with E-state index >= 15 is 0 Å². The third-order valence-electron chi connectivity index (χ3n) is 5.40. The van der Waals surface area contributed by atoms with Crippen molar-refractivity contribution in [3.8, 4) is 34.3 Å². The summed E-state index contributed by atoms with van der Waals surface area (Å²) in [5, 5.41) is 0. The molecule has 0 spiro atoms. The van der Waals surface area contributed by atoms with Gasteiger partial charge in [-0.2, -0.15) is 18.2 Å². The zero-order chi connectivity index (χ0) is 26.3. The Bertz CT molecular complexity index is 1700. The molecule has 0 saturated carbocycles. The minimum absolute atomic E-state index is 0.0174. The first-order chi connectivity index (χ1) is 17.6. The standard InChI is InChI=1S/C25H16F4N6O2/c26-15-10-13(6-9-16(15)30)23-32-18(12-4-7-14(8-5-12)25(27,28)29)11-20(34-23)37-19-3-1-2-17-21(19)35-22(31)24(36)33-17/h1-11H,30H2,(H2,31,35)(H,33,36). The molecular weight excluding hydrogens is 492 g/mol. The average Bonchev–Trinajstić information content (AvgIpc) is 2.86. The van der Waals surface area contributed by atoms with Crippen LogP contribution in [0.1, 0.15) is 5.56 Å². The lowest BCUT2D eigenvalue weighted by Crippen LogP contribution is -2.13. The van der Waals surface area contributed by atoms with E-state index in [1.165, 1.54) is 30.3 Å². The Balaban J connectivity index is 1.64. The quantitative estimate of drug-likeness (QED) is 0.226. The van der Waals surface area contributed by atoms with Crippen LogP contribution in [0.3, 0.4) is 0 Å². The number of fused-ring (bicyclic) bond motifs is 1. The Morgan fingerprint density at radius 3 is 2.30 bits per heavy atom. The Kier molecular flexibility index (Phi) is 5.71. The molecule has 0 radical (unpaired) electrons. The molecule has 5 aromatic rings. The van der Waals surface area contributed by atoms with E-state index < -0.39 is 23.1 Å². The van der Waals surface area contributed by atoms with Crippen molar-refractivity contribution in [2.45, 2.75) is 6.18 Å². The maximum absolute atomic E-state index is 14.2. The molecule has 0 aliphatic carbocycles. The van der Waals surface area contributed by atoms with Crippen molar-refractivity contribution in [2.24, 2.45) is 0 Å². The summed E-state index contributed by atoms with van der Waals surface area (Å²) >= 11 is 0. The maximum atomic E-state index is 14.2. The molecule has 0 unspecified atom stereocenters. The van der Waals surface area contributed by atoms with E-state index in [4.69, 9.17) is 16.2 Å². The molecule has 37 heavy (non-hydrogen) atoms. The van der Waals surface area contributed by atoms with Crippen LogP contribution in [-0.4, -0.2) is 19.9 Å². The van der Waals surface area contributed by atoms with Crippen LogP contribution in [-0.2, 0) is 6.18 Å². The minimum atomic E-state index is -4.50. The molecule has 186 valence electrons. The topological polar surface area (TPSA) is 133 Å². The smallest absolute Gasteiger partial charge is 0.416 e. The molecule has 0 amide bonds. The lowest BCUT2D eigenvalue weighted by Gasteiger charge is -2.12. The number of hydrogen-bond acceptors (Lipinski definition) is 7. The lowest BCUT2D eigenvalue weighted by molar-refractivity contribution is -0.137. The summed E-state index contributed by atoms with van der Waals surface area (Å²) in [4.78, 5) is 27.2. The first-order valence-electron chi connectivity index (χ1n) is 10.7.